The summed E-state index contributed by atoms with van der Waals surface area (Å²) in [4.78, 5) is 7.95. The van der Waals surface area contributed by atoms with Crippen LogP contribution in [0.25, 0.3) is 11.0 Å². The molecule has 0 aliphatic carbocycles. The maximum absolute atomic E-state index is 12.5. The maximum Gasteiger partial charge on any atom is 0.206 e. The van der Waals surface area contributed by atoms with Gasteiger partial charge in [0.15, 0.2) is 11.6 Å². The Morgan fingerprint density at radius 2 is 2.21 bits per heavy atom. The van der Waals surface area contributed by atoms with E-state index in [1.807, 2.05) is 0 Å². The summed E-state index contributed by atoms with van der Waals surface area (Å²) >= 11 is 0. The van der Waals surface area contributed by atoms with Crippen LogP contribution in [0.4, 0.5) is 10.2 Å². The van der Waals surface area contributed by atoms with Gasteiger partial charge in [-0.2, -0.15) is 0 Å². The third-order valence-electron chi connectivity index (χ3n) is 3.07. The Morgan fingerprint density at radius 3 is 2.89 bits per heavy atom. The van der Waals surface area contributed by atoms with Crippen molar-refractivity contribution in [3.8, 4) is 0 Å². The minimum atomic E-state index is -1.41. The lowest BCUT2D eigenvalue weighted by Crippen LogP contribution is -2.27. The van der Waals surface area contributed by atoms with Gasteiger partial charge in [-0.15, -0.1) is 0 Å². The summed E-state index contributed by atoms with van der Waals surface area (Å²) in [6, 6.07) is 1.64. The first kappa shape index (κ1) is 11.9. The smallest absolute Gasteiger partial charge is 0.206 e. The molecule has 0 spiro atoms. The second kappa shape index (κ2) is 4.18. The zero-order chi connectivity index (χ0) is 13.6. The van der Waals surface area contributed by atoms with Crippen LogP contribution in [0, 0.1) is 0 Å². The molecule has 4 N–H and O–H groups in total. The monoisotopic (exact) mass is 266 g/mol. The second-order valence-electron chi connectivity index (χ2n) is 4.17. The average molecular weight is 266 g/mol. The van der Waals surface area contributed by atoms with Crippen molar-refractivity contribution in [2.45, 2.75) is 18.4 Å². The lowest BCUT2D eigenvalue weighted by Gasteiger charge is -2.16. The van der Waals surface area contributed by atoms with Gasteiger partial charge in [0.25, 0.3) is 0 Å². The van der Waals surface area contributed by atoms with Gasteiger partial charge in [-0.25, -0.2) is 14.4 Å². The highest BCUT2D eigenvalue weighted by molar-refractivity contribution is 5.84. The molecule has 2 aromatic rings. The van der Waals surface area contributed by atoms with E-state index >= 15 is 0 Å². The molecule has 0 radical (unpaired) electrons. The Bertz CT molecular complexity index is 656. The van der Waals surface area contributed by atoms with E-state index in [0.717, 1.165) is 0 Å². The van der Waals surface area contributed by atoms with Crippen LogP contribution in [-0.4, -0.2) is 37.0 Å². The molecule has 0 unspecified atom stereocenters. The van der Waals surface area contributed by atoms with Crippen LogP contribution in [0.15, 0.2) is 30.7 Å². The molecule has 3 heterocycles. The Kier molecular flexibility index (Phi) is 2.61. The van der Waals surface area contributed by atoms with Crippen LogP contribution < -0.4 is 5.73 Å². The van der Waals surface area contributed by atoms with Gasteiger partial charge in [0.1, 0.15) is 24.1 Å². The quantitative estimate of drug-likeness (QED) is 0.674. The Morgan fingerprint density at radius 1 is 1.42 bits per heavy atom. The van der Waals surface area contributed by atoms with Crippen molar-refractivity contribution in [1.29, 1.82) is 0 Å². The first-order valence-electron chi connectivity index (χ1n) is 5.53. The van der Waals surface area contributed by atoms with E-state index in [4.69, 9.17) is 10.5 Å². The third kappa shape index (κ3) is 1.65. The molecule has 0 aromatic carbocycles. The summed E-state index contributed by atoms with van der Waals surface area (Å²) in [7, 11) is 0. The van der Waals surface area contributed by atoms with Gasteiger partial charge >= 0.3 is 0 Å². The molecule has 1 aliphatic heterocycles. The van der Waals surface area contributed by atoms with Crippen LogP contribution in [-0.2, 0) is 4.74 Å². The maximum atomic E-state index is 12.5. The molecule has 8 heteroatoms. The number of aliphatic hydroxyl groups excluding tert-OH is 2. The normalized spacial score (nSPS) is 29.0. The first-order valence-corrected chi connectivity index (χ1v) is 5.53. The van der Waals surface area contributed by atoms with Gasteiger partial charge in [-0.3, -0.25) is 4.57 Å². The Balaban J connectivity index is 2.09. The lowest BCUT2D eigenvalue weighted by atomic mass is 10.2. The molecule has 100 valence electrons. The fourth-order valence-corrected chi connectivity index (χ4v) is 2.10. The summed E-state index contributed by atoms with van der Waals surface area (Å²) in [5, 5.41) is 19.5. The van der Waals surface area contributed by atoms with Crippen molar-refractivity contribution in [3.63, 3.8) is 0 Å². The van der Waals surface area contributed by atoms with Crippen molar-refractivity contribution in [2.24, 2.45) is 0 Å². The number of nitrogen functional groups attached to an aromatic ring is 1. The molecule has 2 aromatic heterocycles. The Labute approximate surface area is 106 Å². The number of nitrogens with two attached hydrogens (primary N) is 1. The molecule has 1 fully saturated rings. The number of aromatic nitrogens is 3. The van der Waals surface area contributed by atoms with Crippen LogP contribution >= 0.6 is 0 Å². The fourth-order valence-electron chi connectivity index (χ4n) is 2.10. The minimum Gasteiger partial charge on any atom is -0.466 e. The van der Waals surface area contributed by atoms with E-state index < -0.39 is 18.4 Å². The zero-order valence-electron chi connectivity index (χ0n) is 9.64. The summed E-state index contributed by atoms with van der Waals surface area (Å²) < 4.78 is 19.1. The first-order chi connectivity index (χ1) is 9.13. The molecule has 3 rings (SSSR count). The molecule has 1 saturated heterocycles. The molecule has 0 saturated carbocycles. The number of hydrogen-bond donors (Lipinski definition) is 3. The van der Waals surface area contributed by atoms with Crippen molar-refractivity contribution >= 4 is 16.9 Å². The lowest BCUT2D eigenvalue weighted by molar-refractivity contribution is -0.0117. The van der Waals surface area contributed by atoms with Gasteiger partial charge in [0.2, 0.25) is 6.23 Å². The molecule has 1 aliphatic rings. The summed E-state index contributed by atoms with van der Waals surface area (Å²) in [6.07, 6.45) is -0.670. The molecular formula is C11H11FN4O3. The molecule has 0 bridgehead atoms. The highest BCUT2D eigenvalue weighted by Crippen LogP contribution is 2.34. The van der Waals surface area contributed by atoms with E-state index in [1.165, 1.54) is 17.1 Å². The van der Waals surface area contributed by atoms with Gasteiger partial charge in [0, 0.05) is 6.20 Å². The topological polar surface area (TPSA) is 106 Å². The number of nitrogens with zero attached hydrogens (tertiary/aromatic N) is 3. The standard InChI is InChI=1S/C11H11FN4O3/c12-3-6-8(17)9(18)11(19-6)16-4-15-7-5(16)1-2-14-10(7)13/h1-4,8-9,11,17-18H,(H2,13,14)/b6-3-/t8-,9-,11-/m1/s1. The Hall–Kier alpha value is -2.19. The van der Waals surface area contributed by atoms with Gasteiger partial charge in [-0.1, -0.05) is 0 Å². The number of hydrogen-bond acceptors (Lipinski definition) is 6. The molecule has 19 heavy (non-hydrogen) atoms. The molecule has 3 atom stereocenters. The largest absolute Gasteiger partial charge is 0.466 e. The highest BCUT2D eigenvalue weighted by Gasteiger charge is 2.41. The number of imidazole rings is 1. The number of pyridine rings is 1. The number of aliphatic hydroxyl groups is 2. The third-order valence-corrected chi connectivity index (χ3v) is 3.07. The van der Waals surface area contributed by atoms with E-state index in [9.17, 15) is 14.6 Å². The average Bonchev–Trinajstić information content (AvgIpc) is 2.94. The van der Waals surface area contributed by atoms with Crippen LogP contribution in [0.3, 0.4) is 0 Å². The minimum absolute atomic E-state index is 0.128. The number of fused-ring (bicyclic) bond motifs is 1. The van der Waals surface area contributed by atoms with Crippen LogP contribution in [0.2, 0.25) is 0 Å². The van der Waals surface area contributed by atoms with E-state index in [2.05, 4.69) is 9.97 Å². The molecular weight excluding hydrogens is 255 g/mol. The van der Waals surface area contributed by atoms with E-state index in [0.29, 0.717) is 11.0 Å². The molecule has 0 amide bonds. The van der Waals surface area contributed by atoms with Crippen molar-refractivity contribution in [2.75, 3.05) is 5.73 Å². The summed E-state index contributed by atoms with van der Waals surface area (Å²) in [6.45, 7) is 0. The number of halogens is 1. The zero-order valence-corrected chi connectivity index (χ0v) is 9.64. The van der Waals surface area contributed by atoms with Crippen LogP contribution in [0.1, 0.15) is 6.23 Å². The summed E-state index contributed by atoms with van der Waals surface area (Å²) in [5.41, 5.74) is 6.70. The SMILES string of the molecule is Nc1nccc2c1ncn2[C@@H]1O/C(=C\F)[C@@H](O)[C@H]1O. The fraction of sp³-hybridized carbons (Fsp3) is 0.273. The van der Waals surface area contributed by atoms with Crippen molar-refractivity contribution in [3.05, 3.63) is 30.7 Å². The van der Waals surface area contributed by atoms with E-state index in [-0.39, 0.29) is 17.9 Å². The van der Waals surface area contributed by atoms with Crippen molar-refractivity contribution < 1.29 is 19.3 Å². The van der Waals surface area contributed by atoms with Gasteiger partial charge in [-0.05, 0) is 6.07 Å². The van der Waals surface area contributed by atoms with Crippen molar-refractivity contribution in [1.82, 2.24) is 14.5 Å². The van der Waals surface area contributed by atoms with Crippen LogP contribution in [0.5, 0.6) is 0 Å². The molecule has 7 nitrogen and oxygen atoms in total. The number of rotatable bonds is 1. The van der Waals surface area contributed by atoms with Gasteiger partial charge in [0.05, 0.1) is 11.8 Å². The van der Waals surface area contributed by atoms with E-state index in [1.54, 1.807) is 6.07 Å². The summed E-state index contributed by atoms with van der Waals surface area (Å²) in [5.74, 6) is -0.0769. The van der Waals surface area contributed by atoms with Gasteiger partial charge < -0.3 is 20.7 Å². The number of anilines is 1. The predicted octanol–water partition coefficient (Wildman–Crippen LogP) is 0.0750. The number of ether oxygens (including phenoxy) is 1. The second-order valence-corrected chi connectivity index (χ2v) is 4.17. The predicted molar refractivity (Wildman–Crippen MR) is 63.3 cm³/mol. The highest BCUT2D eigenvalue weighted by atomic mass is 19.1.